The van der Waals surface area contributed by atoms with E-state index in [1.165, 1.54) is 4.57 Å². The quantitative estimate of drug-likeness (QED) is 0.722. The number of hydrogen-bond acceptors (Lipinski definition) is 5. The van der Waals surface area contributed by atoms with Crippen molar-refractivity contribution in [2.75, 3.05) is 18.1 Å². The Balaban J connectivity index is 2.39. The molecule has 0 saturated heterocycles. The zero-order chi connectivity index (χ0) is 15.1. The van der Waals surface area contributed by atoms with Gasteiger partial charge in [-0.15, -0.1) is 11.8 Å². The highest BCUT2D eigenvalue weighted by atomic mass is 32.2. The first-order valence-corrected chi connectivity index (χ1v) is 7.17. The zero-order valence-electron chi connectivity index (χ0n) is 11.4. The Kier molecular flexibility index (Phi) is 6.23. The standard InChI is InChI=1S/C12H17N3O4S/c1-8-5-9(2)15(12(19)14-8)4-3-13-10(16)6-20-7-11(17)18/h5H,3-4,6-7H2,1-2H3,(H,13,16)(H,17,18). The van der Waals surface area contributed by atoms with E-state index in [0.717, 1.165) is 17.5 Å². The molecule has 1 aromatic heterocycles. The van der Waals surface area contributed by atoms with Crippen LogP contribution in [0.25, 0.3) is 0 Å². The van der Waals surface area contributed by atoms with E-state index in [1.54, 1.807) is 19.9 Å². The molecule has 0 spiro atoms. The maximum atomic E-state index is 11.7. The number of carboxylic acids is 1. The normalized spacial score (nSPS) is 10.3. The van der Waals surface area contributed by atoms with E-state index in [-0.39, 0.29) is 23.1 Å². The van der Waals surface area contributed by atoms with Crippen molar-refractivity contribution in [1.82, 2.24) is 14.9 Å². The molecule has 0 fully saturated rings. The molecule has 7 nitrogen and oxygen atoms in total. The summed E-state index contributed by atoms with van der Waals surface area (Å²) in [4.78, 5) is 37.2. The van der Waals surface area contributed by atoms with Gasteiger partial charge in [-0.3, -0.25) is 14.2 Å². The number of thioether (sulfide) groups is 1. The van der Waals surface area contributed by atoms with Crippen LogP contribution in [0.2, 0.25) is 0 Å². The van der Waals surface area contributed by atoms with Gasteiger partial charge in [-0.25, -0.2) is 4.79 Å². The summed E-state index contributed by atoms with van der Waals surface area (Å²) in [5.74, 6) is -1.21. The van der Waals surface area contributed by atoms with Gasteiger partial charge in [0.1, 0.15) is 0 Å². The minimum absolute atomic E-state index is 0.0896. The third-order valence-electron chi connectivity index (χ3n) is 2.46. The topological polar surface area (TPSA) is 101 Å². The van der Waals surface area contributed by atoms with E-state index < -0.39 is 5.97 Å². The number of nitrogens with zero attached hydrogens (tertiary/aromatic N) is 2. The van der Waals surface area contributed by atoms with Crippen molar-refractivity contribution in [2.24, 2.45) is 0 Å². The van der Waals surface area contributed by atoms with Crippen molar-refractivity contribution < 1.29 is 14.7 Å². The molecule has 1 rings (SSSR count). The highest BCUT2D eigenvalue weighted by Crippen LogP contribution is 1.98. The fraction of sp³-hybridized carbons (Fsp3) is 0.500. The number of carboxylic acid groups (broad SMARTS) is 1. The van der Waals surface area contributed by atoms with Gasteiger partial charge in [0, 0.05) is 24.5 Å². The van der Waals surface area contributed by atoms with Crippen LogP contribution in [0.1, 0.15) is 11.4 Å². The Morgan fingerprint density at radius 1 is 1.40 bits per heavy atom. The van der Waals surface area contributed by atoms with E-state index in [1.807, 2.05) is 0 Å². The van der Waals surface area contributed by atoms with Crippen molar-refractivity contribution >= 4 is 23.6 Å². The second-order valence-corrected chi connectivity index (χ2v) is 5.20. The van der Waals surface area contributed by atoms with Crippen molar-refractivity contribution in [1.29, 1.82) is 0 Å². The molecule has 0 bridgehead atoms. The average Bonchev–Trinajstić information content (AvgIpc) is 2.32. The number of carbonyl (C=O) groups is 2. The molecule has 1 amide bonds. The van der Waals surface area contributed by atoms with Crippen LogP contribution in [-0.4, -0.2) is 44.6 Å². The number of carbonyl (C=O) groups excluding carboxylic acids is 1. The minimum atomic E-state index is -0.948. The fourth-order valence-electron chi connectivity index (χ4n) is 1.64. The van der Waals surface area contributed by atoms with Gasteiger partial charge in [0.25, 0.3) is 0 Å². The lowest BCUT2D eigenvalue weighted by molar-refractivity contribution is -0.133. The molecule has 8 heteroatoms. The molecule has 0 radical (unpaired) electrons. The molecule has 110 valence electrons. The first-order chi connectivity index (χ1) is 9.40. The number of aliphatic carboxylic acids is 1. The molecular formula is C12H17N3O4S. The van der Waals surface area contributed by atoms with Crippen molar-refractivity contribution in [2.45, 2.75) is 20.4 Å². The Morgan fingerprint density at radius 3 is 2.70 bits per heavy atom. The summed E-state index contributed by atoms with van der Waals surface area (Å²) < 4.78 is 1.48. The van der Waals surface area contributed by atoms with Gasteiger partial charge in [-0.1, -0.05) is 0 Å². The second kappa shape index (κ2) is 7.68. The molecular weight excluding hydrogens is 282 g/mol. The van der Waals surface area contributed by atoms with E-state index in [4.69, 9.17) is 5.11 Å². The van der Waals surface area contributed by atoms with Crippen LogP contribution < -0.4 is 11.0 Å². The Morgan fingerprint density at radius 2 is 2.10 bits per heavy atom. The van der Waals surface area contributed by atoms with E-state index in [9.17, 15) is 14.4 Å². The minimum Gasteiger partial charge on any atom is -0.481 e. The summed E-state index contributed by atoms with van der Waals surface area (Å²) in [6, 6.07) is 1.80. The fourth-order valence-corrected chi connectivity index (χ4v) is 2.20. The maximum absolute atomic E-state index is 11.7. The van der Waals surface area contributed by atoms with Crippen molar-refractivity contribution in [3.8, 4) is 0 Å². The van der Waals surface area contributed by atoms with Crippen LogP contribution in [0.15, 0.2) is 10.9 Å². The van der Waals surface area contributed by atoms with Gasteiger partial charge >= 0.3 is 11.7 Å². The van der Waals surface area contributed by atoms with E-state index in [0.29, 0.717) is 18.8 Å². The summed E-state index contributed by atoms with van der Waals surface area (Å²) in [5, 5.41) is 11.1. The van der Waals surface area contributed by atoms with Gasteiger partial charge in [-0.05, 0) is 19.9 Å². The molecule has 1 aromatic rings. The molecule has 0 saturated carbocycles. The third kappa shape index (κ3) is 5.43. The molecule has 0 aliphatic rings. The predicted octanol–water partition coefficient (Wildman–Crippen LogP) is -0.206. The summed E-state index contributed by atoms with van der Waals surface area (Å²) >= 11 is 1.03. The van der Waals surface area contributed by atoms with Crippen LogP contribution in [0.5, 0.6) is 0 Å². The third-order valence-corrected chi connectivity index (χ3v) is 3.38. The predicted molar refractivity (Wildman–Crippen MR) is 75.9 cm³/mol. The summed E-state index contributed by atoms with van der Waals surface area (Å²) in [6.45, 7) is 4.20. The Labute approximate surface area is 120 Å². The van der Waals surface area contributed by atoms with Crippen LogP contribution in [0, 0.1) is 13.8 Å². The number of rotatable bonds is 7. The van der Waals surface area contributed by atoms with Gasteiger partial charge in [-0.2, -0.15) is 4.98 Å². The molecule has 2 N–H and O–H groups in total. The van der Waals surface area contributed by atoms with Crippen molar-refractivity contribution in [3.63, 3.8) is 0 Å². The average molecular weight is 299 g/mol. The zero-order valence-corrected chi connectivity index (χ0v) is 12.2. The molecule has 20 heavy (non-hydrogen) atoms. The van der Waals surface area contributed by atoms with E-state index >= 15 is 0 Å². The smallest absolute Gasteiger partial charge is 0.348 e. The largest absolute Gasteiger partial charge is 0.481 e. The lowest BCUT2D eigenvalue weighted by atomic mass is 10.3. The van der Waals surface area contributed by atoms with Crippen LogP contribution in [-0.2, 0) is 16.1 Å². The second-order valence-electron chi connectivity index (χ2n) is 4.21. The van der Waals surface area contributed by atoms with Gasteiger partial charge < -0.3 is 10.4 Å². The molecule has 0 unspecified atom stereocenters. The number of hydrogen-bond donors (Lipinski definition) is 2. The molecule has 1 heterocycles. The molecule has 0 atom stereocenters. The van der Waals surface area contributed by atoms with Gasteiger partial charge in [0.2, 0.25) is 5.91 Å². The highest BCUT2D eigenvalue weighted by molar-refractivity contribution is 8.00. The molecule has 0 aliphatic carbocycles. The monoisotopic (exact) mass is 299 g/mol. The van der Waals surface area contributed by atoms with Crippen molar-refractivity contribution in [3.05, 3.63) is 27.9 Å². The summed E-state index contributed by atoms with van der Waals surface area (Å²) in [6.07, 6.45) is 0. The first kappa shape index (κ1) is 16.2. The summed E-state index contributed by atoms with van der Waals surface area (Å²) in [7, 11) is 0. The van der Waals surface area contributed by atoms with Crippen LogP contribution in [0.4, 0.5) is 0 Å². The Hall–Kier alpha value is -1.83. The van der Waals surface area contributed by atoms with Crippen LogP contribution >= 0.6 is 11.8 Å². The maximum Gasteiger partial charge on any atom is 0.348 e. The molecule has 0 aliphatic heterocycles. The van der Waals surface area contributed by atoms with Gasteiger partial charge in [0.05, 0.1) is 11.5 Å². The number of nitrogens with one attached hydrogen (secondary N) is 1. The lowest BCUT2D eigenvalue weighted by Crippen LogP contribution is -2.33. The number of aryl methyl sites for hydroxylation is 2. The number of amides is 1. The number of aromatic nitrogens is 2. The van der Waals surface area contributed by atoms with Crippen LogP contribution in [0.3, 0.4) is 0 Å². The van der Waals surface area contributed by atoms with Gasteiger partial charge in [0.15, 0.2) is 0 Å². The molecule has 0 aromatic carbocycles. The SMILES string of the molecule is Cc1cc(C)n(CCNC(=O)CSCC(=O)O)c(=O)n1. The van der Waals surface area contributed by atoms with E-state index in [2.05, 4.69) is 10.3 Å². The lowest BCUT2D eigenvalue weighted by Gasteiger charge is -2.10. The highest BCUT2D eigenvalue weighted by Gasteiger charge is 2.06. The summed E-state index contributed by atoms with van der Waals surface area (Å²) in [5.41, 5.74) is 1.12. The Bertz CT molecular complexity index is 556. The first-order valence-electron chi connectivity index (χ1n) is 6.01.